The van der Waals surface area contributed by atoms with Crippen molar-refractivity contribution in [1.29, 1.82) is 0 Å². The van der Waals surface area contributed by atoms with Crippen LogP contribution in [0.15, 0.2) is 28.8 Å². The van der Waals surface area contributed by atoms with Gasteiger partial charge in [0.25, 0.3) is 0 Å². The van der Waals surface area contributed by atoms with Crippen LogP contribution >= 0.6 is 11.6 Å². The topological polar surface area (TPSA) is 64.9 Å². The Balaban J connectivity index is 2.25. The van der Waals surface area contributed by atoms with Crippen molar-refractivity contribution in [3.05, 3.63) is 35.2 Å². The van der Waals surface area contributed by atoms with E-state index in [1.165, 1.54) is 0 Å². The Labute approximate surface area is 111 Å². The first kappa shape index (κ1) is 13.1. The van der Waals surface area contributed by atoms with Gasteiger partial charge in [0.15, 0.2) is 0 Å². The number of halogens is 1. The van der Waals surface area contributed by atoms with Gasteiger partial charge in [0, 0.05) is 10.6 Å². The molecule has 2 rings (SSSR count). The van der Waals surface area contributed by atoms with Gasteiger partial charge in [-0.15, -0.1) is 0 Å². The summed E-state index contributed by atoms with van der Waals surface area (Å²) in [5.74, 6) is 1.29. The number of benzene rings is 1. The molecular formula is C13H16ClN3O. The Kier molecular flexibility index (Phi) is 3.99. The van der Waals surface area contributed by atoms with Crippen molar-refractivity contribution in [2.75, 3.05) is 0 Å². The average molecular weight is 266 g/mol. The van der Waals surface area contributed by atoms with Gasteiger partial charge in [0.05, 0.1) is 6.04 Å². The molecule has 2 aromatic rings. The second-order valence-corrected chi connectivity index (χ2v) is 4.81. The molecular weight excluding hydrogens is 250 g/mol. The van der Waals surface area contributed by atoms with Crippen molar-refractivity contribution in [3.63, 3.8) is 0 Å². The van der Waals surface area contributed by atoms with Crippen molar-refractivity contribution < 1.29 is 4.52 Å². The highest BCUT2D eigenvalue weighted by molar-refractivity contribution is 6.30. The summed E-state index contributed by atoms with van der Waals surface area (Å²) in [6, 6.07) is 7.11. The van der Waals surface area contributed by atoms with Gasteiger partial charge in [0.2, 0.25) is 11.7 Å². The van der Waals surface area contributed by atoms with Gasteiger partial charge in [-0.2, -0.15) is 4.98 Å². The zero-order valence-electron chi connectivity index (χ0n) is 10.4. The molecule has 5 heteroatoms. The zero-order valence-corrected chi connectivity index (χ0v) is 11.2. The van der Waals surface area contributed by atoms with Crippen molar-refractivity contribution in [2.45, 2.75) is 26.3 Å². The molecule has 0 unspecified atom stereocenters. The van der Waals surface area contributed by atoms with E-state index in [9.17, 15) is 0 Å². The number of hydrogen-bond donors (Lipinski definition) is 1. The molecule has 4 nitrogen and oxygen atoms in total. The Hall–Kier alpha value is -1.39. The maximum Gasteiger partial charge on any atom is 0.244 e. The van der Waals surface area contributed by atoms with Crippen LogP contribution in [0.4, 0.5) is 0 Å². The fraction of sp³-hybridized carbons (Fsp3) is 0.385. The largest absolute Gasteiger partial charge is 0.337 e. The molecule has 2 atom stereocenters. The second kappa shape index (κ2) is 5.50. The van der Waals surface area contributed by atoms with E-state index in [0.717, 1.165) is 12.0 Å². The summed E-state index contributed by atoms with van der Waals surface area (Å²) in [6.45, 7) is 4.15. The fourth-order valence-corrected chi connectivity index (χ4v) is 1.80. The molecule has 0 radical (unpaired) electrons. The summed E-state index contributed by atoms with van der Waals surface area (Å²) in [7, 11) is 0. The van der Waals surface area contributed by atoms with E-state index >= 15 is 0 Å². The summed E-state index contributed by atoms with van der Waals surface area (Å²) in [6.07, 6.45) is 0.968. The number of hydrogen-bond acceptors (Lipinski definition) is 4. The highest BCUT2D eigenvalue weighted by Crippen LogP contribution is 2.24. The first-order chi connectivity index (χ1) is 8.61. The van der Waals surface area contributed by atoms with E-state index < -0.39 is 0 Å². The summed E-state index contributed by atoms with van der Waals surface area (Å²) < 4.78 is 5.21. The highest BCUT2D eigenvalue weighted by Gasteiger charge is 2.20. The fourth-order valence-electron chi connectivity index (χ4n) is 1.61. The van der Waals surface area contributed by atoms with Crippen molar-refractivity contribution >= 4 is 11.6 Å². The van der Waals surface area contributed by atoms with E-state index in [-0.39, 0.29) is 6.04 Å². The normalized spacial score (nSPS) is 14.4. The molecule has 18 heavy (non-hydrogen) atoms. The van der Waals surface area contributed by atoms with Crippen LogP contribution in [0.1, 0.15) is 32.2 Å². The van der Waals surface area contributed by atoms with Crippen LogP contribution in [0.5, 0.6) is 0 Å². The third-order valence-electron chi connectivity index (χ3n) is 3.07. The summed E-state index contributed by atoms with van der Waals surface area (Å²) in [5.41, 5.74) is 6.88. The van der Waals surface area contributed by atoms with Crippen molar-refractivity contribution in [1.82, 2.24) is 10.1 Å². The van der Waals surface area contributed by atoms with Gasteiger partial charge in [0.1, 0.15) is 0 Å². The second-order valence-electron chi connectivity index (χ2n) is 4.38. The maximum absolute atomic E-state index is 6.05. The molecule has 0 saturated carbocycles. The molecule has 0 saturated heterocycles. The van der Waals surface area contributed by atoms with Gasteiger partial charge >= 0.3 is 0 Å². The molecule has 1 aromatic heterocycles. The molecule has 0 spiro atoms. The van der Waals surface area contributed by atoms with Crippen LogP contribution in [0.3, 0.4) is 0 Å². The van der Waals surface area contributed by atoms with Crippen LogP contribution < -0.4 is 5.73 Å². The molecule has 0 fully saturated rings. The standard InChI is InChI=1S/C13H16ClN3O/c1-3-8(2)11(15)13-16-12(17-18-13)9-5-4-6-10(14)7-9/h4-8,11H,3,15H2,1-2H3/t8-,11-/m0/s1. The molecule has 1 aromatic carbocycles. The van der Waals surface area contributed by atoms with Gasteiger partial charge in [-0.1, -0.05) is 49.2 Å². The number of rotatable bonds is 4. The van der Waals surface area contributed by atoms with Gasteiger partial charge in [-0.25, -0.2) is 0 Å². The first-order valence-electron chi connectivity index (χ1n) is 5.97. The number of nitrogens with two attached hydrogens (primary N) is 1. The molecule has 0 bridgehead atoms. The summed E-state index contributed by atoms with van der Waals surface area (Å²) >= 11 is 5.93. The van der Waals surface area contributed by atoms with Gasteiger partial charge in [-0.3, -0.25) is 0 Å². The predicted octanol–water partition coefficient (Wildman–Crippen LogP) is 3.44. The van der Waals surface area contributed by atoms with Gasteiger partial charge in [-0.05, 0) is 18.1 Å². The van der Waals surface area contributed by atoms with Crippen LogP contribution in [0.2, 0.25) is 5.02 Å². The SMILES string of the molecule is CC[C@H](C)[C@H](N)c1nc(-c2cccc(Cl)c2)no1. The Morgan fingerprint density at radius 3 is 2.89 bits per heavy atom. The lowest BCUT2D eigenvalue weighted by Crippen LogP contribution is -2.18. The molecule has 0 amide bonds. The van der Waals surface area contributed by atoms with Crippen LogP contribution in [0.25, 0.3) is 11.4 Å². The monoisotopic (exact) mass is 265 g/mol. The molecule has 1 heterocycles. The Bertz CT molecular complexity index is 526. The lowest BCUT2D eigenvalue weighted by atomic mass is 10.0. The van der Waals surface area contributed by atoms with Crippen LogP contribution in [-0.4, -0.2) is 10.1 Å². The number of aromatic nitrogens is 2. The van der Waals surface area contributed by atoms with Gasteiger partial charge < -0.3 is 10.3 Å². The summed E-state index contributed by atoms with van der Waals surface area (Å²) in [5, 5.41) is 4.58. The minimum Gasteiger partial charge on any atom is -0.337 e. The smallest absolute Gasteiger partial charge is 0.244 e. The molecule has 96 valence electrons. The highest BCUT2D eigenvalue weighted by atomic mass is 35.5. The summed E-state index contributed by atoms with van der Waals surface area (Å²) in [4.78, 5) is 4.33. The lowest BCUT2D eigenvalue weighted by molar-refractivity contribution is 0.312. The third kappa shape index (κ3) is 2.71. The maximum atomic E-state index is 6.05. The first-order valence-corrected chi connectivity index (χ1v) is 6.34. The van der Waals surface area contributed by atoms with E-state index in [1.807, 2.05) is 12.1 Å². The average Bonchev–Trinajstić information content (AvgIpc) is 2.86. The number of nitrogens with zero attached hydrogens (tertiary/aromatic N) is 2. The minimum absolute atomic E-state index is 0.226. The zero-order chi connectivity index (χ0) is 13.1. The predicted molar refractivity (Wildman–Crippen MR) is 71.1 cm³/mol. The Morgan fingerprint density at radius 1 is 1.44 bits per heavy atom. The van der Waals surface area contributed by atoms with Crippen LogP contribution in [-0.2, 0) is 0 Å². The third-order valence-corrected chi connectivity index (χ3v) is 3.30. The Morgan fingerprint density at radius 2 is 2.22 bits per heavy atom. The van der Waals surface area contributed by atoms with E-state index in [2.05, 4.69) is 24.0 Å². The quantitative estimate of drug-likeness (QED) is 0.920. The van der Waals surface area contributed by atoms with Crippen LogP contribution in [0, 0.1) is 5.92 Å². The van der Waals surface area contributed by atoms with E-state index in [0.29, 0.717) is 22.7 Å². The molecule has 0 aliphatic carbocycles. The lowest BCUT2D eigenvalue weighted by Gasteiger charge is -2.12. The van der Waals surface area contributed by atoms with Crippen molar-refractivity contribution in [2.24, 2.45) is 11.7 Å². The minimum atomic E-state index is -0.226. The molecule has 2 N–H and O–H groups in total. The van der Waals surface area contributed by atoms with E-state index in [1.54, 1.807) is 12.1 Å². The molecule has 0 aliphatic rings. The van der Waals surface area contributed by atoms with Crippen molar-refractivity contribution in [3.8, 4) is 11.4 Å². The molecule has 0 aliphatic heterocycles. The van der Waals surface area contributed by atoms with E-state index in [4.69, 9.17) is 21.9 Å².